The van der Waals surface area contributed by atoms with Crippen molar-refractivity contribution in [3.63, 3.8) is 0 Å². The topological polar surface area (TPSA) is 91.2 Å². The molecule has 0 saturated heterocycles. The van der Waals surface area contributed by atoms with Crippen LogP contribution < -0.4 is 14.8 Å². The molecule has 2 aromatic heterocycles. The highest BCUT2D eigenvalue weighted by Crippen LogP contribution is 2.30. The molecule has 8 nitrogen and oxygen atoms in total. The fraction of sp³-hybridized carbons (Fsp3) is 0.333. The third-order valence-corrected chi connectivity index (χ3v) is 5.70. The van der Waals surface area contributed by atoms with E-state index < -0.39 is 0 Å². The number of para-hydroxylation sites is 2. The average Bonchev–Trinajstić information content (AvgIpc) is 3.25. The minimum atomic E-state index is -0.338. The van der Waals surface area contributed by atoms with Crippen molar-refractivity contribution in [2.75, 3.05) is 18.2 Å². The summed E-state index contributed by atoms with van der Waals surface area (Å²) in [6, 6.07) is 7.44. The number of ether oxygens (including phenoxy) is 2. The number of nitrogens with one attached hydrogen (secondary N) is 1. The average molecular weight is 420 g/mol. The van der Waals surface area contributed by atoms with Crippen LogP contribution in [-0.2, 0) is 11.8 Å². The van der Waals surface area contributed by atoms with Crippen LogP contribution in [0.1, 0.15) is 24.5 Å². The third kappa shape index (κ3) is 4.82. The molecule has 0 spiro atoms. The molecule has 10 heteroatoms. The number of rotatable bonds is 8. The molecular formula is C18H21N5O3S2. The van der Waals surface area contributed by atoms with Crippen molar-refractivity contribution < 1.29 is 14.3 Å². The Hall–Kier alpha value is -2.59. The van der Waals surface area contributed by atoms with E-state index in [1.54, 1.807) is 7.11 Å². The second-order valence-electron chi connectivity index (χ2n) is 5.94. The summed E-state index contributed by atoms with van der Waals surface area (Å²) in [5.74, 6) is 2.02. The number of aryl methyl sites for hydroxylation is 1. The van der Waals surface area contributed by atoms with Crippen LogP contribution in [-0.4, -0.2) is 38.5 Å². The zero-order valence-electron chi connectivity index (χ0n) is 16.0. The first kappa shape index (κ1) is 20.2. The van der Waals surface area contributed by atoms with Gasteiger partial charge in [0.05, 0.1) is 18.6 Å². The Morgan fingerprint density at radius 1 is 1.32 bits per heavy atom. The van der Waals surface area contributed by atoms with Crippen LogP contribution in [0.4, 0.5) is 5.13 Å². The maximum Gasteiger partial charge on any atom is 0.236 e. The summed E-state index contributed by atoms with van der Waals surface area (Å²) in [6.45, 7) is 3.78. The lowest BCUT2D eigenvalue weighted by molar-refractivity contribution is -0.113. The van der Waals surface area contributed by atoms with Gasteiger partial charge in [-0.1, -0.05) is 23.9 Å². The van der Waals surface area contributed by atoms with Crippen LogP contribution in [0.2, 0.25) is 0 Å². The predicted octanol–water partition coefficient (Wildman–Crippen LogP) is 3.46. The van der Waals surface area contributed by atoms with E-state index in [1.165, 1.54) is 23.1 Å². The van der Waals surface area contributed by atoms with Crippen LogP contribution in [0.25, 0.3) is 0 Å². The zero-order chi connectivity index (χ0) is 20.1. The number of benzene rings is 1. The van der Waals surface area contributed by atoms with Crippen molar-refractivity contribution in [2.45, 2.75) is 25.1 Å². The van der Waals surface area contributed by atoms with Crippen molar-refractivity contribution in [1.82, 2.24) is 19.7 Å². The van der Waals surface area contributed by atoms with Gasteiger partial charge in [0.2, 0.25) is 5.91 Å². The molecule has 0 bridgehead atoms. The highest BCUT2D eigenvalue weighted by molar-refractivity contribution is 7.99. The quantitative estimate of drug-likeness (QED) is 0.559. The normalized spacial score (nSPS) is 11.9. The molecule has 1 aromatic carbocycles. The van der Waals surface area contributed by atoms with E-state index in [9.17, 15) is 4.79 Å². The van der Waals surface area contributed by atoms with Gasteiger partial charge in [0.15, 0.2) is 33.7 Å². The molecule has 3 aromatic rings. The van der Waals surface area contributed by atoms with Crippen LogP contribution in [0.15, 0.2) is 34.8 Å². The molecule has 1 amide bonds. The summed E-state index contributed by atoms with van der Waals surface area (Å²) < 4.78 is 13.1. The lowest BCUT2D eigenvalue weighted by Crippen LogP contribution is -2.14. The predicted molar refractivity (Wildman–Crippen MR) is 109 cm³/mol. The van der Waals surface area contributed by atoms with Gasteiger partial charge in [-0.3, -0.25) is 4.79 Å². The molecule has 0 aliphatic carbocycles. The second-order valence-corrected chi connectivity index (χ2v) is 7.74. The van der Waals surface area contributed by atoms with E-state index in [1.807, 2.05) is 55.1 Å². The molecule has 0 aliphatic rings. The number of carbonyl (C=O) groups is 1. The Morgan fingerprint density at radius 3 is 2.75 bits per heavy atom. The third-order valence-electron chi connectivity index (χ3n) is 3.80. The standard InChI is InChI=1S/C18H21N5O3S2/c1-11-9-27-17(19-11)20-15(24)10-28-18-22-21-16(23(18)3)12(2)26-14-8-6-5-7-13(14)25-4/h5-9,12H,10H2,1-4H3,(H,19,20,24). The first-order valence-electron chi connectivity index (χ1n) is 8.51. The summed E-state index contributed by atoms with van der Waals surface area (Å²) in [5.41, 5.74) is 0.884. The van der Waals surface area contributed by atoms with E-state index >= 15 is 0 Å². The Bertz CT molecular complexity index is 956. The maximum atomic E-state index is 12.1. The second kappa shape index (κ2) is 9.07. The van der Waals surface area contributed by atoms with Gasteiger partial charge in [-0.25, -0.2) is 4.98 Å². The number of hydrogen-bond acceptors (Lipinski definition) is 8. The number of hydrogen-bond donors (Lipinski definition) is 1. The van der Waals surface area contributed by atoms with E-state index in [0.29, 0.717) is 27.6 Å². The number of thiazole rings is 1. The molecule has 1 atom stereocenters. The van der Waals surface area contributed by atoms with Crippen LogP contribution in [0.5, 0.6) is 11.5 Å². The minimum absolute atomic E-state index is 0.137. The van der Waals surface area contributed by atoms with Gasteiger partial charge in [-0.15, -0.1) is 21.5 Å². The van der Waals surface area contributed by atoms with Crippen molar-refractivity contribution in [2.24, 2.45) is 7.05 Å². The number of aromatic nitrogens is 4. The zero-order valence-corrected chi connectivity index (χ0v) is 17.6. The molecule has 0 radical (unpaired) electrons. The van der Waals surface area contributed by atoms with Gasteiger partial charge in [-0.2, -0.15) is 0 Å². The summed E-state index contributed by atoms with van der Waals surface area (Å²) in [4.78, 5) is 16.3. The maximum absolute atomic E-state index is 12.1. The van der Waals surface area contributed by atoms with Crippen LogP contribution >= 0.6 is 23.1 Å². The number of nitrogens with zero attached hydrogens (tertiary/aromatic N) is 4. The summed E-state index contributed by atoms with van der Waals surface area (Å²) in [6.07, 6.45) is -0.338. The molecule has 0 aliphatic heterocycles. The molecular weight excluding hydrogens is 398 g/mol. The highest BCUT2D eigenvalue weighted by Gasteiger charge is 2.19. The molecule has 1 unspecified atom stereocenters. The van der Waals surface area contributed by atoms with Crippen LogP contribution in [0, 0.1) is 6.92 Å². The van der Waals surface area contributed by atoms with Gasteiger partial charge < -0.3 is 19.4 Å². The number of anilines is 1. The Balaban J connectivity index is 1.60. The first-order chi connectivity index (χ1) is 13.5. The number of carbonyl (C=O) groups excluding carboxylic acids is 1. The lowest BCUT2D eigenvalue weighted by atomic mass is 10.3. The number of amides is 1. The summed E-state index contributed by atoms with van der Waals surface area (Å²) >= 11 is 2.71. The molecule has 148 valence electrons. The number of methoxy groups -OCH3 is 1. The molecule has 28 heavy (non-hydrogen) atoms. The fourth-order valence-electron chi connectivity index (χ4n) is 2.46. The van der Waals surface area contributed by atoms with E-state index in [4.69, 9.17) is 9.47 Å². The summed E-state index contributed by atoms with van der Waals surface area (Å²) in [7, 11) is 3.45. The monoisotopic (exact) mass is 419 g/mol. The minimum Gasteiger partial charge on any atom is -0.493 e. The van der Waals surface area contributed by atoms with Crippen molar-refractivity contribution in [3.05, 3.63) is 41.2 Å². The Labute approximate surface area is 171 Å². The molecule has 2 heterocycles. The van der Waals surface area contributed by atoms with Gasteiger partial charge in [0.25, 0.3) is 0 Å². The van der Waals surface area contributed by atoms with Gasteiger partial charge in [-0.05, 0) is 26.0 Å². The van der Waals surface area contributed by atoms with Crippen molar-refractivity contribution in [1.29, 1.82) is 0 Å². The van der Waals surface area contributed by atoms with E-state index in [0.717, 1.165) is 5.69 Å². The Kier molecular flexibility index (Phi) is 6.53. The Morgan fingerprint density at radius 2 is 2.07 bits per heavy atom. The van der Waals surface area contributed by atoms with E-state index in [-0.39, 0.29) is 17.8 Å². The fourth-order valence-corrected chi connectivity index (χ4v) is 3.88. The molecule has 3 rings (SSSR count). The number of thioether (sulfide) groups is 1. The van der Waals surface area contributed by atoms with Crippen molar-refractivity contribution >= 4 is 34.1 Å². The SMILES string of the molecule is COc1ccccc1OC(C)c1nnc(SCC(=O)Nc2nc(C)cs2)n1C. The van der Waals surface area contributed by atoms with Gasteiger partial charge in [0, 0.05) is 12.4 Å². The van der Waals surface area contributed by atoms with Gasteiger partial charge in [0.1, 0.15) is 0 Å². The lowest BCUT2D eigenvalue weighted by Gasteiger charge is -2.16. The van der Waals surface area contributed by atoms with Crippen LogP contribution in [0.3, 0.4) is 0 Å². The summed E-state index contributed by atoms with van der Waals surface area (Å²) in [5, 5.41) is 14.3. The van der Waals surface area contributed by atoms with Gasteiger partial charge >= 0.3 is 0 Å². The smallest absolute Gasteiger partial charge is 0.236 e. The van der Waals surface area contributed by atoms with Crippen molar-refractivity contribution in [3.8, 4) is 11.5 Å². The molecule has 0 saturated carbocycles. The highest BCUT2D eigenvalue weighted by atomic mass is 32.2. The first-order valence-corrected chi connectivity index (χ1v) is 10.4. The van der Waals surface area contributed by atoms with E-state index in [2.05, 4.69) is 20.5 Å². The largest absolute Gasteiger partial charge is 0.493 e. The molecule has 1 N–H and O–H groups in total. The molecule has 0 fully saturated rings.